The molecule has 0 aliphatic heterocycles. The molecule has 1 amide bonds. The molecule has 0 aromatic heterocycles. The molecule has 0 aromatic rings. The second kappa shape index (κ2) is 9.88. The van der Waals surface area contributed by atoms with Gasteiger partial charge < -0.3 is 15.5 Å². The van der Waals surface area contributed by atoms with Crippen molar-refractivity contribution in [2.24, 2.45) is 0 Å². The molecule has 0 fully saturated rings. The van der Waals surface area contributed by atoms with E-state index in [2.05, 4.69) is 12.2 Å². The topological polar surface area (TPSA) is 86.6 Å². The highest BCUT2D eigenvalue weighted by Gasteiger charge is 2.24. The fourth-order valence-corrected chi connectivity index (χ4v) is 1.70. The minimum Gasteiger partial charge on any atom is -0.480 e. The van der Waals surface area contributed by atoms with Gasteiger partial charge in [0.05, 0.1) is 6.10 Å². The zero-order chi connectivity index (χ0) is 14.0. The lowest BCUT2D eigenvalue weighted by molar-refractivity contribution is -0.144. The van der Waals surface area contributed by atoms with Crippen molar-refractivity contribution in [2.75, 3.05) is 0 Å². The lowest BCUT2D eigenvalue weighted by Gasteiger charge is -2.16. The SMILES string of the molecule is CCCCCCCCC(=O)NC(C(=O)O)C(C)O. The van der Waals surface area contributed by atoms with Gasteiger partial charge in [-0.1, -0.05) is 39.0 Å². The molecule has 0 aliphatic carbocycles. The van der Waals surface area contributed by atoms with Crippen LogP contribution in [-0.2, 0) is 9.59 Å². The molecule has 5 nitrogen and oxygen atoms in total. The molecule has 0 bridgehead atoms. The number of aliphatic hydroxyl groups excluding tert-OH is 1. The number of nitrogens with one attached hydrogen (secondary N) is 1. The second-order valence-corrected chi connectivity index (χ2v) is 4.64. The van der Waals surface area contributed by atoms with E-state index in [9.17, 15) is 14.7 Å². The Morgan fingerprint density at radius 1 is 1.11 bits per heavy atom. The summed E-state index contributed by atoms with van der Waals surface area (Å²) in [4.78, 5) is 22.2. The van der Waals surface area contributed by atoms with Crippen LogP contribution >= 0.6 is 0 Å². The van der Waals surface area contributed by atoms with E-state index in [0.717, 1.165) is 19.3 Å². The number of carboxylic acids is 1. The van der Waals surface area contributed by atoms with E-state index in [1.165, 1.54) is 26.2 Å². The number of unbranched alkanes of at least 4 members (excludes halogenated alkanes) is 5. The maximum atomic E-state index is 11.5. The predicted molar refractivity (Wildman–Crippen MR) is 69.2 cm³/mol. The Kier molecular flexibility index (Phi) is 9.28. The van der Waals surface area contributed by atoms with Crippen LogP contribution in [0.15, 0.2) is 0 Å². The molecular formula is C13H25NO4. The molecule has 0 aliphatic rings. The number of carbonyl (C=O) groups is 2. The molecule has 0 spiro atoms. The molecule has 0 aromatic carbocycles. The van der Waals surface area contributed by atoms with Gasteiger partial charge in [0.1, 0.15) is 0 Å². The van der Waals surface area contributed by atoms with Crippen LogP contribution in [0.4, 0.5) is 0 Å². The number of amides is 1. The first-order chi connectivity index (χ1) is 8.49. The van der Waals surface area contributed by atoms with Gasteiger partial charge in [0.15, 0.2) is 6.04 Å². The first-order valence-electron chi connectivity index (χ1n) is 6.69. The van der Waals surface area contributed by atoms with Gasteiger partial charge in [-0.05, 0) is 13.3 Å². The largest absolute Gasteiger partial charge is 0.480 e. The first-order valence-corrected chi connectivity index (χ1v) is 6.69. The average Bonchev–Trinajstić information content (AvgIpc) is 2.29. The summed E-state index contributed by atoms with van der Waals surface area (Å²) < 4.78 is 0. The van der Waals surface area contributed by atoms with Gasteiger partial charge in [-0.25, -0.2) is 4.79 Å². The third-order valence-corrected chi connectivity index (χ3v) is 2.82. The molecular weight excluding hydrogens is 234 g/mol. The van der Waals surface area contributed by atoms with Crippen molar-refractivity contribution in [2.45, 2.75) is 70.9 Å². The zero-order valence-corrected chi connectivity index (χ0v) is 11.3. The van der Waals surface area contributed by atoms with Crippen LogP contribution in [0, 0.1) is 0 Å². The molecule has 0 heterocycles. The van der Waals surface area contributed by atoms with Gasteiger partial charge in [-0.3, -0.25) is 4.79 Å². The summed E-state index contributed by atoms with van der Waals surface area (Å²) in [6.45, 7) is 3.50. The fraction of sp³-hybridized carbons (Fsp3) is 0.846. The zero-order valence-electron chi connectivity index (χ0n) is 11.3. The molecule has 0 rings (SSSR count). The Labute approximate surface area is 109 Å². The number of aliphatic carboxylic acids is 1. The van der Waals surface area contributed by atoms with Crippen molar-refractivity contribution in [3.63, 3.8) is 0 Å². The standard InChI is InChI=1S/C13H25NO4/c1-3-4-5-6-7-8-9-11(16)14-12(10(2)15)13(17)18/h10,12,15H,3-9H2,1-2H3,(H,14,16)(H,17,18). The van der Waals surface area contributed by atoms with Crippen LogP contribution in [-0.4, -0.2) is 34.2 Å². The highest BCUT2D eigenvalue weighted by molar-refractivity contribution is 5.83. The molecule has 2 atom stereocenters. The van der Waals surface area contributed by atoms with Crippen LogP contribution in [0.1, 0.15) is 58.8 Å². The van der Waals surface area contributed by atoms with Crippen molar-refractivity contribution >= 4 is 11.9 Å². The Bertz CT molecular complexity index is 253. The number of rotatable bonds is 10. The lowest BCUT2D eigenvalue weighted by Crippen LogP contribution is -2.47. The minimum atomic E-state index is -1.21. The van der Waals surface area contributed by atoms with E-state index in [1.807, 2.05) is 0 Å². The van der Waals surface area contributed by atoms with Gasteiger partial charge in [-0.2, -0.15) is 0 Å². The van der Waals surface area contributed by atoms with Crippen LogP contribution in [0.5, 0.6) is 0 Å². The summed E-state index contributed by atoms with van der Waals surface area (Å²) in [7, 11) is 0. The van der Waals surface area contributed by atoms with E-state index in [-0.39, 0.29) is 5.91 Å². The summed E-state index contributed by atoms with van der Waals surface area (Å²) in [5, 5.41) is 20.3. The van der Waals surface area contributed by atoms with Crippen molar-refractivity contribution < 1.29 is 19.8 Å². The summed E-state index contributed by atoms with van der Waals surface area (Å²) in [5.41, 5.74) is 0. The lowest BCUT2D eigenvalue weighted by atomic mass is 10.1. The maximum Gasteiger partial charge on any atom is 0.328 e. The highest BCUT2D eigenvalue weighted by Crippen LogP contribution is 2.07. The Morgan fingerprint density at radius 3 is 2.17 bits per heavy atom. The quantitative estimate of drug-likeness (QED) is 0.521. The molecule has 0 saturated heterocycles. The van der Waals surface area contributed by atoms with Crippen molar-refractivity contribution in [3.8, 4) is 0 Å². The number of carbonyl (C=O) groups excluding carboxylic acids is 1. The first kappa shape index (κ1) is 16.9. The summed E-state index contributed by atoms with van der Waals surface area (Å²) in [6.07, 6.45) is 5.69. The van der Waals surface area contributed by atoms with Crippen molar-refractivity contribution in [3.05, 3.63) is 0 Å². The Morgan fingerprint density at radius 2 is 1.67 bits per heavy atom. The number of aliphatic hydroxyl groups is 1. The summed E-state index contributed by atoms with van der Waals surface area (Å²) in [5.74, 6) is -1.51. The Hall–Kier alpha value is -1.10. The monoisotopic (exact) mass is 259 g/mol. The fourth-order valence-electron chi connectivity index (χ4n) is 1.70. The molecule has 18 heavy (non-hydrogen) atoms. The smallest absolute Gasteiger partial charge is 0.328 e. The molecule has 3 N–H and O–H groups in total. The maximum absolute atomic E-state index is 11.5. The van der Waals surface area contributed by atoms with Gasteiger partial charge in [0.25, 0.3) is 0 Å². The molecule has 2 unspecified atom stereocenters. The van der Waals surface area contributed by atoms with Crippen LogP contribution < -0.4 is 5.32 Å². The van der Waals surface area contributed by atoms with E-state index >= 15 is 0 Å². The van der Waals surface area contributed by atoms with Crippen LogP contribution in [0.3, 0.4) is 0 Å². The Balaban J connectivity index is 3.72. The number of hydrogen-bond donors (Lipinski definition) is 3. The molecule has 5 heteroatoms. The predicted octanol–water partition coefficient (Wildman–Crippen LogP) is 1.69. The van der Waals surface area contributed by atoms with Gasteiger partial charge >= 0.3 is 5.97 Å². The number of hydrogen-bond acceptors (Lipinski definition) is 3. The minimum absolute atomic E-state index is 0.307. The summed E-state index contributed by atoms with van der Waals surface area (Å²) in [6, 6.07) is -1.21. The third kappa shape index (κ3) is 8.06. The normalized spacial score (nSPS) is 13.9. The van der Waals surface area contributed by atoms with E-state index in [1.54, 1.807) is 0 Å². The highest BCUT2D eigenvalue weighted by atomic mass is 16.4. The van der Waals surface area contributed by atoms with Crippen molar-refractivity contribution in [1.29, 1.82) is 0 Å². The molecule has 0 saturated carbocycles. The summed E-state index contributed by atoms with van der Waals surface area (Å²) >= 11 is 0. The molecule has 0 radical (unpaired) electrons. The van der Waals surface area contributed by atoms with E-state index < -0.39 is 18.1 Å². The average molecular weight is 259 g/mol. The van der Waals surface area contributed by atoms with E-state index in [4.69, 9.17) is 5.11 Å². The second-order valence-electron chi connectivity index (χ2n) is 4.64. The number of carboxylic acid groups (broad SMARTS) is 1. The van der Waals surface area contributed by atoms with Gasteiger partial charge in [0.2, 0.25) is 5.91 Å². The van der Waals surface area contributed by atoms with Gasteiger partial charge in [0, 0.05) is 6.42 Å². The van der Waals surface area contributed by atoms with E-state index in [0.29, 0.717) is 6.42 Å². The van der Waals surface area contributed by atoms with Gasteiger partial charge in [-0.15, -0.1) is 0 Å². The molecule has 106 valence electrons. The van der Waals surface area contributed by atoms with Crippen LogP contribution in [0.2, 0.25) is 0 Å². The van der Waals surface area contributed by atoms with Crippen LogP contribution in [0.25, 0.3) is 0 Å². The van der Waals surface area contributed by atoms with Crippen molar-refractivity contribution in [1.82, 2.24) is 5.32 Å². The third-order valence-electron chi connectivity index (χ3n) is 2.82.